The molecule has 8 nitrogen and oxygen atoms in total. The lowest BCUT2D eigenvalue weighted by atomic mass is 10.2. The first-order valence-electron chi connectivity index (χ1n) is 9.98. The number of benzene rings is 1. The van der Waals surface area contributed by atoms with E-state index in [1.807, 2.05) is 47.8 Å². The molecule has 0 atom stereocenters. The molecule has 0 bridgehead atoms. The Morgan fingerprint density at radius 2 is 1.77 bits per heavy atom. The van der Waals surface area contributed by atoms with E-state index in [1.54, 1.807) is 28.4 Å². The summed E-state index contributed by atoms with van der Waals surface area (Å²) in [6.45, 7) is 2.39. The first-order chi connectivity index (χ1) is 15.2. The Bertz CT molecular complexity index is 1240. The summed E-state index contributed by atoms with van der Waals surface area (Å²) in [6.07, 6.45) is 0. The summed E-state index contributed by atoms with van der Waals surface area (Å²) in [5.74, 6) is 0.635. The highest BCUT2D eigenvalue weighted by Gasteiger charge is 2.25. The fraction of sp³-hybridized carbons (Fsp3) is 0.182. The Labute approximate surface area is 182 Å². The molecule has 0 unspecified atom stereocenters. The molecule has 4 heterocycles. The van der Waals surface area contributed by atoms with E-state index in [9.17, 15) is 9.59 Å². The number of nitrogens with zero attached hydrogens (tertiary/aromatic N) is 5. The fourth-order valence-electron chi connectivity index (χ4n) is 3.61. The second-order valence-electron chi connectivity index (χ2n) is 7.20. The number of aromatic amines is 1. The number of anilines is 1. The van der Waals surface area contributed by atoms with Crippen molar-refractivity contribution in [2.24, 2.45) is 0 Å². The average Bonchev–Trinajstić information content (AvgIpc) is 3.52. The molecule has 1 aromatic carbocycles. The number of rotatable bonds is 4. The lowest BCUT2D eigenvalue weighted by Gasteiger charge is -2.35. The van der Waals surface area contributed by atoms with Gasteiger partial charge in [0.2, 0.25) is 0 Å². The first kappa shape index (κ1) is 19.3. The van der Waals surface area contributed by atoms with Gasteiger partial charge in [-0.1, -0.05) is 24.3 Å². The summed E-state index contributed by atoms with van der Waals surface area (Å²) in [5.41, 5.74) is 1.82. The quantitative estimate of drug-likeness (QED) is 0.536. The molecule has 4 aromatic rings. The van der Waals surface area contributed by atoms with Crippen LogP contribution in [0.2, 0.25) is 0 Å². The summed E-state index contributed by atoms with van der Waals surface area (Å²) < 4.78 is 1.41. The van der Waals surface area contributed by atoms with Crippen LogP contribution in [-0.4, -0.2) is 57.0 Å². The number of para-hydroxylation sites is 1. The number of hydrogen-bond donors (Lipinski definition) is 1. The standard InChI is InChI=1S/C22H20N6O2S/c29-21-9-8-20(25-28(21)16-5-2-1-3-6-16)26-10-12-27(13-11-26)22(30)18-15-17(23-24-18)19-7-4-14-31-19/h1-9,14-15H,10-13H2,(H,23,24). The molecule has 0 aliphatic carbocycles. The highest BCUT2D eigenvalue weighted by Crippen LogP contribution is 2.23. The molecule has 156 valence electrons. The highest BCUT2D eigenvalue weighted by atomic mass is 32.1. The van der Waals surface area contributed by atoms with Gasteiger partial charge in [0.05, 0.1) is 16.3 Å². The van der Waals surface area contributed by atoms with Crippen molar-refractivity contribution in [3.8, 4) is 16.3 Å². The molecule has 1 aliphatic rings. The second kappa shape index (κ2) is 8.19. The molecule has 0 radical (unpaired) electrons. The minimum atomic E-state index is -0.177. The van der Waals surface area contributed by atoms with Gasteiger partial charge in [-0.2, -0.15) is 9.78 Å². The van der Waals surface area contributed by atoms with Crippen LogP contribution in [-0.2, 0) is 0 Å². The van der Waals surface area contributed by atoms with E-state index in [4.69, 9.17) is 0 Å². The first-order valence-corrected chi connectivity index (χ1v) is 10.9. The third-order valence-electron chi connectivity index (χ3n) is 5.26. The molecule has 31 heavy (non-hydrogen) atoms. The van der Waals surface area contributed by atoms with Crippen molar-refractivity contribution in [3.05, 3.63) is 82.1 Å². The number of carbonyl (C=O) groups excluding carboxylic acids is 1. The molecule has 0 saturated carbocycles. The van der Waals surface area contributed by atoms with Gasteiger partial charge in [0.25, 0.3) is 11.5 Å². The van der Waals surface area contributed by atoms with E-state index in [1.165, 1.54) is 10.7 Å². The number of aromatic nitrogens is 4. The van der Waals surface area contributed by atoms with Gasteiger partial charge in [0.1, 0.15) is 5.82 Å². The van der Waals surface area contributed by atoms with E-state index < -0.39 is 0 Å². The number of piperazine rings is 1. The third kappa shape index (κ3) is 3.87. The van der Waals surface area contributed by atoms with Crippen LogP contribution in [0.25, 0.3) is 16.3 Å². The Morgan fingerprint density at radius 1 is 0.968 bits per heavy atom. The van der Waals surface area contributed by atoms with E-state index >= 15 is 0 Å². The van der Waals surface area contributed by atoms with E-state index in [0.29, 0.717) is 31.9 Å². The molecule has 1 aliphatic heterocycles. The number of carbonyl (C=O) groups is 1. The van der Waals surface area contributed by atoms with Crippen LogP contribution in [0, 0.1) is 0 Å². The Kier molecular flexibility index (Phi) is 5.09. The van der Waals surface area contributed by atoms with E-state index in [0.717, 1.165) is 22.1 Å². The van der Waals surface area contributed by atoms with E-state index in [-0.39, 0.29) is 11.5 Å². The molecule has 9 heteroatoms. The van der Waals surface area contributed by atoms with Crippen molar-refractivity contribution < 1.29 is 4.79 Å². The van der Waals surface area contributed by atoms with Gasteiger partial charge in [-0.15, -0.1) is 16.4 Å². The van der Waals surface area contributed by atoms with Crippen LogP contribution in [0.5, 0.6) is 0 Å². The fourth-order valence-corrected chi connectivity index (χ4v) is 4.31. The van der Waals surface area contributed by atoms with Crippen molar-refractivity contribution in [1.29, 1.82) is 0 Å². The average molecular weight is 433 g/mol. The van der Waals surface area contributed by atoms with Crippen molar-refractivity contribution in [2.45, 2.75) is 0 Å². The van der Waals surface area contributed by atoms with Crippen molar-refractivity contribution >= 4 is 23.1 Å². The molecular formula is C22H20N6O2S. The van der Waals surface area contributed by atoms with Crippen LogP contribution in [0.1, 0.15) is 10.5 Å². The SMILES string of the molecule is O=C(c1cc(-c2cccs2)[nH]n1)N1CCN(c2ccc(=O)n(-c3ccccc3)n2)CC1. The predicted octanol–water partition coefficient (Wildman–Crippen LogP) is 2.65. The lowest BCUT2D eigenvalue weighted by molar-refractivity contribution is 0.0740. The maximum absolute atomic E-state index is 12.9. The molecule has 1 amide bonds. The molecule has 0 spiro atoms. The molecular weight excluding hydrogens is 412 g/mol. The monoisotopic (exact) mass is 432 g/mol. The van der Waals surface area contributed by atoms with Gasteiger partial charge < -0.3 is 9.80 Å². The number of amides is 1. The summed E-state index contributed by atoms with van der Waals surface area (Å²) in [5, 5.41) is 13.7. The number of thiophene rings is 1. The lowest BCUT2D eigenvalue weighted by Crippen LogP contribution is -2.49. The zero-order chi connectivity index (χ0) is 21.2. The summed E-state index contributed by atoms with van der Waals surface area (Å²) in [7, 11) is 0. The van der Waals surface area contributed by atoms with Gasteiger partial charge in [-0.05, 0) is 35.7 Å². The van der Waals surface area contributed by atoms with Crippen LogP contribution in [0.4, 0.5) is 5.82 Å². The van der Waals surface area contributed by atoms with Crippen LogP contribution in [0.15, 0.2) is 70.8 Å². The number of H-pyrrole nitrogens is 1. The highest BCUT2D eigenvalue weighted by molar-refractivity contribution is 7.13. The maximum Gasteiger partial charge on any atom is 0.274 e. The smallest absolute Gasteiger partial charge is 0.274 e. The van der Waals surface area contributed by atoms with Gasteiger partial charge in [0, 0.05) is 32.2 Å². The molecule has 3 aromatic heterocycles. The molecule has 1 fully saturated rings. The Morgan fingerprint density at radius 3 is 2.52 bits per heavy atom. The van der Waals surface area contributed by atoms with Gasteiger partial charge in [-0.25, -0.2) is 0 Å². The van der Waals surface area contributed by atoms with E-state index in [2.05, 4.69) is 20.2 Å². The van der Waals surface area contributed by atoms with Crippen LogP contribution >= 0.6 is 11.3 Å². The van der Waals surface area contributed by atoms with Crippen molar-refractivity contribution in [3.63, 3.8) is 0 Å². The Hall–Kier alpha value is -3.72. The summed E-state index contributed by atoms with van der Waals surface area (Å²) in [4.78, 5) is 30.1. The van der Waals surface area contributed by atoms with Gasteiger partial charge in [0.15, 0.2) is 5.69 Å². The van der Waals surface area contributed by atoms with Crippen molar-refractivity contribution in [1.82, 2.24) is 24.9 Å². The zero-order valence-corrected chi connectivity index (χ0v) is 17.5. The maximum atomic E-state index is 12.9. The van der Waals surface area contributed by atoms with Crippen molar-refractivity contribution in [2.75, 3.05) is 31.1 Å². The number of nitrogens with one attached hydrogen (secondary N) is 1. The largest absolute Gasteiger partial charge is 0.352 e. The molecule has 1 saturated heterocycles. The second-order valence-corrected chi connectivity index (χ2v) is 8.15. The Balaban J connectivity index is 1.28. The zero-order valence-electron chi connectivity index (χ0n) is 16.6. The van der Waals surface area contributed by atoms with Crippen LogP contribution < -0.4 is 10.5 Å². The molecule has 5 rings (SSSR count). The predicted molar refractivity (Wildman–Crippen MR) is 120 cm³/mol. The minimum Gasteiger partial charge on any atom is -0.352 e. The topological polar surface area (TPSA) is 87.1 Å². The third-order valence-corrected chi connectivity index (χ3v) is 6.16. The number of hydrogen-bond acceptors (Lipinski definition) is 6. The van der Waals surface area contributed by atoms with Gasteiger partial charge >= 0.3 is 0 Å². The summed E-state index contributed by atoms with van der Waals surface area (Å²) >= 11 is 1.60. The minimum absolute atomic E-state index is 0.0825. The summed E-state index contributed by atoms with van der Waals surface area (Å²) in [6, 6.07) is 18.4. The normalized spacial score (nSPS) is 14.1. The van der Waals surface area contributed by atoms with Crippen LogP contribution in [0.3, 0.4) is 0 Å². The van der Waals surface area contributed by atoms with Gasteiger partial charge in [-0.3, -0.25) is 14.7 Å². The molecule has 1 N–H and O–H groups in total.